The number of likely N-dealkylation sites (tertiary alicyclic amines) is 1. The number of halogens is 1. The predicted octanol–water partition coefficient (Wildman–Crippen LogP) is 0.770. The highest BCUT2D eigenvalue weighted by molar-refractivity contribution is 5.79. The maximum absolute atomic E-state index is 13.1. The molecule has 0 aromatic carbocycles. The molecule has 3 N–H and O–H groups in total. The maximum atomic E-state index is 13.1. The van der Waals surface area contributed by atoms with E-state index in [4.69, 9.17) is 10.8 Å². The Balaban J connectivity index is 2.12. The number of carboxylic acid groups (broad SMARTS) is 1. The van der Waals surface area contributed by atoms with E-state index in [1.54, 1.807) is 6.20 Å². The van der Waals surface area contributed by atoms with Crippen molar-refractivity contribution in [3.63, 3.8) is 0 Å². The van der Waals surface area contributed by atoms with E-state index >= 15 is 0 Å². The Morgan fingerprint density at radius 2 is 2.39 bits per heavy atom. The maximum Gasteiger partial charge on any atom is 0.325 e. The number of rotatable bonds is 3. The molecule has 6 heteroatoms. The zero-order chi connectivity index (χ0) is 13.3. The molecule has 1 aromatic rings. The standard InChI is InChI=1S/C12H16FN3O2/c1-8(9-4-10(13)6-15-5-9)16-3-2-12(14,7-16)11(17)18/h4-6,8H,2-3,7,14H2,1H3,(H,17,18). The van der Waals surface area contributed by atoms with Gasteiger partial charge < -0.3 is 10.8 Å². The third kappa shape index (κ3) is 2.34. The van der Waals surface area contributed by atoms with E-state index in [1.807, 2.05) is 11.8 Å². The highest BCUT2D eigenvalue weighted by Crippen LogP contribution is 2.28. The molecule has 1 aromatic heterocycles. The van der Waals surface area contributed by atoms with Crippen LogP contribution in [0.4, 0.5) is 4.39 Å². The minimum atomic E-state index is -1.20. The van der Waals surface area contributed by atoms with E-state index < -0.39 is 17.3 Å². The molecular formula is C12H16FN3O2. The molecular weight excluding hydrogens is 237 g/mol. The van der Waals surface area contributed by atoms with Crippen LogP contribution in [0.25, 0.3) is 0 Å². The van der Waals surface area contributed by atoms with E-state index in [1.165, 1.54) is 6.07 Å². The molecule has 0 radical (unpaired) electrons. The van der Waals surface area contributed by atoms with Crippen molar-refractivity contribution in [1.29, 1.82) is 0 Å². The van der Waals surface area contributed by atoms with E-state index in [2.05, 4.69) is 4.98 Å². The molecule has 0 spiro atoms. The summed E-state index contributed by atoms with van der Waals surface area (Å²) >= 11 is 0. The van der Waals surface area contributed by atoms with Gasteiger partial charge in [-0.1, -0.05) is 0 Å². The molecule has 2 unspecified atom stereocenters. The highest BCUT2D eigenvalue weighted by Gasteiger charge is 2.42. The summed E-state index contributed by atoms with van der Waals surface area (Å²) in [6, 6.07) is 1.31. The summed E-state index contributed by atoms with van der Waals surface area (Å²) < 4.78 is 13.1. The number of carboxylic acids is 1. The Bertz CT molecular complexity index is 468. The van der Waals surface area contributed by atoms with Crippen molar-refractivity contribution in [2.45, 2.75) is 24.9 Å². The van der Waals surface area contributed by atoms with Crippen LogP contribution in [-0.2, 0) is 4.79 Å². The number of nitrogens with two attached hydrogens (primary N) is 1. The molecule has 0 bridgehead atoms. The lowest BCUT2D eigenvalue weighted by Gasteiger charge is -2.26. The Morgan fingerprint density at radius 3 is 2.94 bits per heavy atom. The van der Waals surface area contributed by atoms with E-state index in [0.717, 1.165) is 11.8 Å². The lowest BCUT2D eigenvalue weighted by molar-refractivity contribution is -0.142. The number of aliphatic carboxylic acids is 1. The lowest BCUT2D eigenvalue weighted by atomic mass is 10.0. The van der Waals surface area contributed by atoms with Crippen molar-refractivity contribution in [2.24, 2.45) is 5.73 Å². The van der Waals surface area contributed by atoms with Gasteiger partial charge >= 0.3 is 5.97 Å². The van der Waals surface area contributed by atoms with Gasteiger partial charge in [-0.25, -0.2) is 4.39 Å². The van der Waals surface area contributed by atoms with Gasteiger partial charge in [0.2, 0.25) is 0 Å². The zero-order valence-electron chi connectivity index (χ0n) is 10.1. The number of hydrogen-bond acceptors (Lipinski definition) is 4. The smallest absolute Gasteiger partial charge is 0.325 e. The largest absolute Gasteiger partial charge is 0.480 e. The van der Waals surface area contributed by atoms with Gasteiger partial charge in [-0.15, -0.1) is 0 Å². The quantitative estimate of drug-likeness (QED) is 0.831. The zero-order valence-corrected chi connectivity index (χ0v) is 10.1. The first-order chi connectivity index (χ1) is 8.42. The van der Waals surface area contributed by atoms with Crippen molar-refractivity contribution in [2.75, 3.05) is 13.1 Å². The molecule has 18 heavy (non-hydrogen) atoms. The SMILES string of the molecule is CC(c1cncc(F)c1)N1CCC(N)(C(=O)O)C1. The summed E-state index contributed by atoms with van der Waals surface area (Å²) in [6.07, 6.45) is 3.13. The first-order valence-corrected chi connectivity index (χ1v) is 5.79. The molecule has 0 aliphatic carbocycles. The molecule has 1 fully saturated rings. The lowest BCUT2D eigenvalue weighted by Crippen LogP contribution is -2.50. The summed E-state index contributed by atoms with van der Waals surface area (Å²) in [5.41, 5.74) is 5.33. The Morgan fingerprint density at radius 1 is 1.67 bits per heavy atom. The predicted molar refractivity (Wildman–Crippen MR) is 63.4 cm³/mol. The third-order valence-electron chi connectivity index (χ3n) is 3.51. The topological polar surface area (TPSA) is 79.5 Å². The number of aromatic nitrogens is 1. The molecule has 1 saturated heterocycles. The average molecular weight is 253 g/mol. The van der Waals surface area contributed by atoms with Crippen molar-refractivity contribution in [3.8, 4) is 0 Å². The van der Waals surface area contributed by atoms with E-state index in [0.29, 0.717) is 13.0 Å². The molecule has 1 aliphatic rings. The molecule has 2 rings (SSSR count). The molecule has 5 nitrogen and oxygen atoms in total. The van der Waals surface area contributed by atoms with Gasteiger partial charge in [-0.05, 0) is 25.0 Å². The van der Waals surface area contributed by atoms with Crippen LogP contribution in [0.1, 0.15) is 24.9 Å². The second-order valence-corrected chi connectivity index (χ2v) is 4.79. The molecule has 2 atom stereocenters. The first-order valence-electron chi connectivity index (χ1n) is 5.79. The van der Waals surface area contributed by atoms with Crippen LogP contribution in [0.3, 0.4) is 0 Å². The molecule has 2 heterocycles. The monoisotopic (exact) mass is 253 g/mol. The molecule has 0 saturated carbocycles. The fourth-order valence-electron chi connectivity index (χ4n) is 2.24. The fraction of sp³-hybridized carbons (Fsp3) is 0.500. The highest BCUT2D eigenvalue weighted by atomic mass is 19.1. The molecule has 1 aliphatic heterocycles. The van der Waals surface area contributed by atoms with Crippen LogP contribution in [0.2, 0.25) is 0 Å². The summed E-state index contributed by atoms with van der Waals surface area (Å²) in [4.78, 5) is 16.8. The van der Waals surface area contributed by atoms with Gasteiger partial charge in [0.05, 0.1) is 6.20 Å². The third-order valence-corrected chi connectivity index (χ3v) is 3.51. The normalized spacial score (nSPS) is 26.2. The van der Waals surface area contributed by atoms with Gasteiger partial charge in [0.15, 0.2) is 0 Å². The number of nitrogens with zero attached hydrogens (tertiary/aromatic N) is 2. The summed E-state index contributed by atoms with van der Waals surface area (Å²) in [7, 11) is 0. The van der Waals surface area contributed by atoms with Gasteiger partial charge in [-0.2, -0.15) is 0 Å². The second kappa shape index (κ2) is 4.62. The van der Waals surface area contributed by atoms with E-state index in [9.17, 15) is 9.18 Å². The van der Waals surface area contributed by atoms with Crippen molar-refractivity contribution >= 4 is 5.97 Å². The van der Waals surface area contributed by atoms with Crippen LogP contribution in [0.15, 0.2) is 18.5 Å². The van der Waals surface area contributed by atoms with Gasteiger partial charge in [0.25, 0.3) is 0 Å². The summed E-state index contributed by atoms with van der Waals surface area (Å²) in [5, 5.41) is 9.06. The Labute approximate surface area is 104 Å². The minimum Gasteiger partial charge on any atom is -0.480 e. The summed E-state index contributed by atoms with van der Waals surface area (Å²) in [6.45, 7) is 2.74. The molecule has 98 valence electrons. The van der Waals surface area contributed by atoms with Crippen molar-refractivity contribution in [1.82, 2.24) is 9.88 Å². The fourth-order valence-corrected chi connectivity index (χ4v) is 2.24. The minimum absolute atomic E-state index is 0.0991. The van der Waals surface area contributed by atoms with Crippen LogP contribution >= 0.6 is 0 Å². The molecule has 0 amide bonds. The van der Waals surface area contributed by atoms with Crippen LogP contribution in [-0.4, -0.2) is 39.6 Å². The first kappa shape index (κ1) is 12.9. The number of hydrogen-bond donors (Lipinski definition) is 2. The Kier molecular flexibility index (Phi) is 3.32. The van der Waals surface area contributed by atoms with Crippen LogP contribution in [0.5, 0.6) is 0 Å². The average Bonchev–Trinajstić information content (AvgIpc) is 2.72. The van der Waals surface area contributed by atoms with Crippen LogP contribution < -0.4 is 5.73 Å². The van der Waals surface area contributed by atoms with Crippen LogP contribution in [0, 0.1) is 5.82 Å². The van der Waals surface area contributed by atoms with Gasteiger partial charge in [0, 0.05) is 25.3 Å². The summed E-state index contributed by atoms with van der Waals surface area (Å²) in [5.74, 6) is -1.38. The Hall–Kier alpha value is -1.53. The number of carbonyl (C=O) groups is 1. The van der Waals surface area contributed by atoms with Crippen molar-refractivity contribution < 1.29 is 14.3 Å². The number of pyridine rings is 1. The van der Waals surface area contributed by atoms with Gasteiger partial charge in [-0.3, -0.25) is 14.7 Å². The van der Waals surface area contributed by atoms with E-state index in [-0.39, 0.29) is 12.6 Å². The van der Waals surface area contributed by atoms with Gasteiger partial charge in [0.1, 0.15) is 11.4 Å². The second-order valence-electron chi connectivity index (χ2n) is 4.79. The van der Waals surface area contributed by atoms with Crippen molar-refractivity contribution in [3.05, 3.63) is 29.8 Å².